The molecule has 4 rings (SSSR count). The van der Waals surface area contributed by atoms with Gasteiger partial charge in [0.05, 0.1) is 5.69 Å². The van der Waals surface area contributed by atoms with E-state index in [2.05, 4.69) is 20.9 Å². The van der Waals surface area contributed by atoms with Crippen molar-refractivity contribution < 1.29 is 13.9 Å². The average molecular weight is 367 g/mol. The highest BCUT2D eigenvalue weighted by molar-refractivity contribution is 5.84. The van der Waals surface area contributed by atoms with Gasteiger partial charge in [0.2, 0.25) is 5.91 Å². The smallest absolute Gasteiger partial charge is 0.249 e. The maximum atomic E-state index is 13.3. The van der Waals surface area contributed by atoms with Gasteiger partial charge in [0.15, 0.2) is 0 Å². The van der Waals surface area contributed by atoms with Crippen molar-refractivity contribution in [2.45, 2.75) is 31.9 Å². The fourth-order valence-electron chi connectivity index (χ4n) is 3.52. The molecule has 0 radical (unpaired) electrons. The number of aryl methyl sites for hydroxylation is 1. The van der Waals surface area contributed by atoms with E-state index < -0.39 is 0 Å². The molecule has 1 saturated heterocycles. The second-order valence-corrected chi connectivity index (χ2v) is 6.75. The zero-order valence-corrected chi connectivity index (χ0v) is 15.0. The highest BCUT2D eigenvalue weighted by Crippen LogP contribution is 2.27. The average Bonchev–Trinajstić information content (AvgIpc) is 3.34. The summed E-state index contributed by atoms with van der Waals surface area (Å²) in [7, 11) is 0. The first-order valence-electron chi connectivity index (χ1n) is 9.32. The lowest BCUT2D eigenvalue weighted by atomic mass is 10.1. The zero-order chi connectivity index (χ0) is 18.6. The summed E-state index contributed by atoms with van der Waals surface area (Å²) < 4.78 is 20.8. The summed E-state index contributed by atoms with van der Waals surface area (Å²) in [5.41, 5.74) is 2.83. The summed E-state index contributed by atoms with van der Waals surface area (Å²) in [5, 5.41) is 4.00. The number of benzene rings is 1. The molecule has 1 aliphatic rings. The Morgan fingerprint density at radius 1 is 1.30 bits per heavy atom. The van der Waals surface area contributed by atoms with Gasteiger partial charge in [-0.15, -0.1) is 0 Å². The molecule has 0 saturated carbocycles. The van der Waals surface area contributed by atoms with Crippen LogP contribution in [0.2, 0.25) is 0 Å². The van der Waals surface area contributed by atoms with E-state index in [0.29, 0.717) is 19.7 Å². The van der Waals surface area contributed by atoms with Gasteiger partial charge >= 0.3 is 0 Å². The molecule has 3 aromatic rings. The number of carbonyl (C=O) groups excluding carboxylic acids is 1. The molecule has 2 aromatic heterocycles. The molecular formula is C21H22FN3O2. The molecule has 1 fully saturated rings. The van der Waals surface area contributed by atoms with Crippen molar-refractivity contribution in [2.24, 2.45) is 0 Å². The third-order valence-electron chi connectivity index (χ3n) is 4.88. The molecule has 0 bridgehead atoms. The number of carbonyl (C=O) groups is 1. The Balaban J connectivity index is 1.49. The standard InChI is InChI=1S/C21H22FN3O2/c22-17-8-6-15(7-9-17)18-14-16-4-1-10-23-20(16)25(18)12-3-11-24-21(26)19-5-2-13-27-19/h1,4,6-10,14,19H,2-3,5,11-13H2,(H,24,26)/t19-/m1/s1. The molecule has 5 nitrogen and oxygen atoms in total. The second kappa shape index (κ2) is 7.88. The number of rotatable bonds is 6. The van der Waals surface area contributed by atoms with Gasteiger partial charge in [0, 0.05) is 31.3 Å². The molecule has 3 heterocycles. The normalized spacial score (nSPS) is 16.7. The van der Waals surface area contributed by atoms with Crippen molar-refractivity contribution >= 4 is 16.9 Å². The SMILES string of the molecule is O=C(NCCCn1c(-c2ccc(F)cc2)cc2cccnc21)[C@H]1CCCO1. The van der Waals surface area contributed by atoms with E-state index in [-0.39, 0.29) is 17.8 Å². The van der Waals surface area contributed by atoms with Gasteiger partial charge in [-0.25, -0.2) is 9.37 Å². The number of fused-ring (bicyclic) bond motifs is 1. The summed E-state index contributed by atoms with van der Waals surface area (Å²) >= 11 is 0. The molecule has 0 aliphatic carbocycles. The Kier molecular flexibility index (Phi) is 5.16. The summed E-state index contributed by atoms with van der Waals surface area (Å²) in [6.07, 6.45) is 3.99. The minimum absolute atomic E-state index is 0.0262. The van der Waals surface area contributed by atoms with Crippen LogP contribution in [0.5, 0.6) is 0 Å². The molecule has 1 aliphatic heterocycles. The Bertz CT molecular complexity index is 930. The number of amides is 1. The summed E-state index contributed by atoms with van der Waals surface area (Å²) in [5.74, 6) is -0.280. The molecule has 0 spiro atoms. The number of ether oxygens (including phenoxy) is 1. The van der Waals surface area contributed by atoms with Crippen molar-refractivity contribution in [3.8, 4) is 11.3 Å². The molecule has 140 valence electrons. The van der Waals surface area contributed by atoms with Crippen LogP contribution in [0.4, 0.5) is 4.39 Å². The molecule has 0 unspecified atom stereocenters. The Hall–Kier alpha value is -2.73. The number of aromatic nitrogens is 2. The molecule has 1 aromatic carbocycles. The number of hydrogen-bond acceptors (Lipinski definition) is 3. The molecule has 27 heavy (non-hydrogen) atoms. The number of hydrogen-bond donors (Lipinski definition) is 1. The largest absolute Gasteiger partial charge is 0.368 e. The molecule has 6 heteroatoms. The predicted octanol–water partition coefficient (Wildman–Crippen LogP) is 3.53. The lowest BCUT2D eigenvalue weighted by molar-refractivity contribution is -0.130. The van der Waals surface area contributed by atoms with Crippen LogP contribution >= 0.6 is 0 Å². The van der Waals surface area contributed by atoms with E-state index in [9.17, 15) is 9.18 Å². The second-order valence-electron chi connectivity index (χ2n) is 6.75. The number of nitrogens with zero attached hydrogens (tertiary/aromatic N) is 2. The Morgan fingerprint density at radius 2 is 2.15 bits per heavy atom. The quantitative estimate of drug-likeness (QED) is 0.678. The Labute approximate surface area is 157 Å². The van der Waals surface area contributed by atoms with Crippen LogP contribution in [0.25, 0.3) is 22.3 Å². The van der Waals surface area contributed by atoms with Crippen molar-refractivity contribution in [3.05, 3.63) is 54.5 Å². The van der Waals surface area contributed by atoms with Crippen LogP contribution in [0.1, 0.15) is 19.3 Å². The third kappa shape index (κ3) is 3.85. The van der Waals surface area contributed by atoms with Crippen LogP contribution in [-0.4, -0.2) is 34.7 Å². The number of pyridine rings is 1. The van der Waals surface area contributed by atoms with E-state index in [4.69, 9.17) is 4.74 Å². The van der Waals surface area contributed by atoms with Crippen molar-refractivity contribution in [2.75, 3.05) is 13.2 Å². The van der Waals surface area contributed by atoms with E-state index in [1.165, 1.54) is 12.1 Å². The van der Waals surface area contributed by atoms with Gasteiger partial charge in [-0.3, -0.25) is 4.79 Å². The van der Waals surface area contributed by atoms with Crippen LogP contribution in [0.15, 0.2) is 48.7 Å². The maximum Gasteiger partial charge on any atom is 0.249 e. The predicted molar refractivity (Wildman–Crippen MR) is 102 cm³/mol. The van der Waals surface area contributed by atoms with E-state index in [1.807, 2.05) is 12.1 Å². The fraction of sp³-hybridized carbons (Fsp3) is 0.333. The van der Waals surface area contributed by atoms with Gasteiger partial charge in [-0.2, -0.15) is 0 Å². The van der Waals surface area contributed by atoms with Crippen LogP contribution < -0.4 is 5.32 Å². The van der Waals surface area contributed by atoms with Gasteiger partial charge in [-0.05, 0) is 67.3 Å². The molecule has 1 amide bonds. The van der Waals surface area contributed by atoms with Crippen molar-refractivity contribution in [1.29, 1.82) is 0 Å². The molecule has 1 atom stereocenters. The third-order valence-corrected chi connectivity index (χ3v) is 4.88. The summed E-state index contributed by atoms with van der Waals surface area (Å²) in [6.45, 7) is 1.95. The van der Waals surface area contributed by atoms with Crippen molar-refractivity contribution in [3.63, 3.8) is 0 Å². The lowest BCUT2D eigenvalue weighted by Gasteiger charge is -2.13. The summed E-state index contributed by atoms with van der Waals surface area (Å²) in [6, 6.07) is 12.5. The first-order valence-corrected chi connectivity index (χ1v) is 9.32. The van der Waals surface area contributed by atoms with Crippen LogP contribution in [0.3, 0.4) is 0 Å². The van der Waals surface area contributed by atoms with Crippen molar-refractivity contribution in [1.82, 2.24) is 14.9 Å². The summed E-state index contributed by atoms with van der Waals surface area (Å²) in [4.78, 5) is 16.6. The highest BCUT2D eigenvalue weighted by atomic mass is 19.1. The van der Waals surface area contributed by atoms with Crippen LogP contribution in [-0.2, 0) is 16.1 Å². The maximum absolute atomic E-state index is 13.3. The minimum atomic E-state index is -0.297. The van der Waals surface area contributed by atoms with E-state index in [1.54, 1.807) is 18.3 Å². The van der Waals surface area contributed by atoms with Gasteiger partial charge in [0.1, 0.15) is 17.6 Å². The van der Waals surface area contributed by atoms with Crippen LogP contribution in [0, 0.1) is 5.82 Å². The zero-order valence-electron chi connectivity index (χ0n) is 15.0. The topological polar surface area (TPSA) is 56.2 Å². The first-order chi connectivity index (χ1) is 13.2. The molecular weight excluding hydrogens is 345 g/mol. The van der Waals surface area contributed by atoms with Gasteiger partial charge in [-0.1, -0.05) is 0 Å². The minimum Gasteiger partial charge on any atom is -0.368 e. The molecule has 1 N–H and O–H groups in total. The number of halogens is 1. The van der Waals surface area contributed by atoms with E-state index >= 15 is 0 Å². The van der Waals surface area contributed by atoms with E-state index in [0.717, 1.165) is 41.6 Å². The number of nitrogens with one attached hydrogen (secondary N) is 1. The first kappa shape index (κ1) is 17.7. The Morgan fingerprint density at radius 3 is 2.93 bits per heavy atom. The highest BCUT2D eigenvalue weighted by Gasteiger charge is 2.22. The van der Waals surface area contributed by atoms with Gasteiger partial charge in [0.25, 0.3) is 0 Å². The lowest BCUT2D eigenvalue weighted by Crippen LogP contribution is -2.35. The fourth-order valence-corrected chi connectivity index (χ4v) is 3.52. The van der Waals surface area contributed by atoms with Gasteiger partial charge < -0.3 is 14.6 Å². The monoisotopic (exact) mass is 367 g/mol.